The molecule has 0 radical (unpaired) electrons. The van der Waals surface area contributed by atoms with Gasteiger partial charge in [-0.15, -0.1) is 5.69 Å². The minimum atomic E-state index is -1.14. The van der Waals surface area contributed by atoms with Crippen LogP contribution >= 0.6 is 9.44 Å². The van der Waals surface area contributed by atoms with Crippen molar-refractivity contribution in [1.29, 1.82) is 0 Å². The molecule has 1 aliphatic rings. The lowest BCUT2D eigenvalue weighted by molar-refractivity contribution is 0.102. The summed E-state index contributed by atoms with van der Waals surface area (Å²) in [7, 11) is -1.14. The first-order chi connectivity index (χ1) is 7.70. The van der Waals surface area contributed by atoms with Crippen molar-refractivity contribution >= 4 is 15.2 Å². The van der Waals surface area contributed by atoms with Crippen LogP contribution in [0, 0.1) is 5.69 Å². The Balaban J connectivity index is 2.06. The van der Waals surface area contributed by atoms with Crippen LogP contribution in [0.2, 0.25) is 0 Å². The maximum absolute atomic E-state index is 12.1. The number of carbonyl (C=O) groups is 1. The minimum Gasteiger partial charge on any atom is -0.293 e. The summed E-state index contributed by atoms with van der Waals surface area (Å²) in [6.45, 7) is 0. The molecule has 0 amide bonds. The van der Waals surface area contributed by atoms with Crippen molar-refractivity contribution in [3.8, 4) is 5.69 Å². The van der Waals surface area contributed by atoms with Gasteiger partial charge in [0.1, 0.15) is 0 Å². The Labute approximate surface area is 98.4 Å². The summed E-state index contributed by atoms with van der Waals surface area (Å²) in [5.74, 6) is 2.95. The smallest absolute Gasteiger partial charge is 0.172 e. The molecule has 0 saturated carbocycles. The van der Waals surface area contributed by atoms with Crippen molar-refractivity contribution in [3.05, 3.63) is 35.9 Å². The fraction of sp³-hybridized carbons (Fsp3) is 0.429. The molecule has 0 N–H and O–H groups in total. The Morgan fingerprint density at radius 2 is 1.75 bits per heavy atom. The highest BCUT2D eigenvalue weighted by Gasteiger charge is 2.18. The van der Waals surface area contributed by atoms with Gasteiger partial charge in [0, 0.05) is 5.56 Å². The van der Waals surface area contributed by atoms with Crippen LogP contribution in [0.1, 0.15) is 29.6 Å². The predicted octanol–water partition coefficient (Wildman–Crippen LogP) is 3.45. The Bertz CT molecular complexity index is 452. The van der Waals surface area contributed by atoms with Gasteiger partial charge in [0.25, 0.3) is 0 Å². The molecule has 1 aromatic rings. The van der Waals surface area contributed by atoms with Crippen LogP contribution in [0.25, 0.3) is 0 Å². The molecule has 0 aromatic heterocycles. The summed E-state index contributed by atoms with van der Waals surface area (Å²) in [6, 6.07) is 9.52. The summed E-state index contributed by atoms with van der Waals surface area (Å²) in [4.78, 5) is 12.1. The summed E-state index contributed by atoms with van der Waals surface area (Å²) in [5, 5.41) is 0. The Morgan fingerprint density at radius 1 is 1.12 bits per heavy atom. The molecule has 86 valence electrons. The van der Waals surface area contributed by atoms with Crippen molar-refractivity contribution in [2.45, 2.75) is 19.3 Å². The van der Waals surface area contributed by atoms with Crippen LogP contribution in [0.4, 0.5) is 0 Å². The van der Waals surface area contributed by atoms with Crippen molar-refractivity contribution in [2.75, 3.05) is 17.3 Å². The maximum Gasteiger partial charge on any atom is 0.172 e. The maximum atomic E-state index is 12.1. The SMILES string of the molecule is C#S1(CC(=O)c2ccccc2)CCCCC1. The van der Waals surface area contributed by atoms with E-state index in [9.17, 15) is 4.79 Å². The molecule has 1 fully saturated rings. The van der Waals surface area contributed by atoms with E-state index in [0.29, 0.717) is 5.75 Å². The van der Waals surface area contributed by atoms with Gasteiger partial charge < -0.3 is 0 Å². The zero-order valence-corrected chi connectivity index (χ0v) is 10.3. The van der Waals surface area contributed by atoms with Crippen LogP contribution < -0.4 is 0 Å². The second kappa shape index (κ2) is 4.90. The normalized spacial score (nSPS) is 19.2. The van der Waals surface area contributed by atoms with Crippen LogP contribution in [-0.2, 0) is 0 Å². The van der Waals surface area contributed by atoms with Gasteiger partial charge in [-0.3, -0.25) is 4.79 Å². The van der Waals surface area contributed by atoms with Gasteiger partial charge in [-0.25, -0.2) is 0 Å². The molecule has 0 bridgehead atoms. The number of carbonyl (C=O) groups excluding carboxylic acids is 1. The second-order valence-electron chi connectivity index (χ2n) is 4.51. The zero-order valence-electron chi connectivity index (χ0n) is 9.52. The molecule has 0 atom stereocenters. The number of ketones is 1. The van der Waals surface area contributed by atoms with Crippen molar-refractivity contribution in [1.82, 2.24) is 0 Å². The van der Waals surface area contributed by atoms with Crippen LogP contribution in [-0.4, -0.2) is 23.0 Å². The molecule has 0 spiro atoms. The Morgan fingerprint density at radius 3 is 2.38 bits per heavy atom. The molecular formula is C14H18OS. The molecule has 1 saturated heterocycles. The van der Waals surface area contributed by atoms with E-state index in [0.717, 1.165) is 17.1 Å². The van der Waals surface area contributed by atoms with E-state index >= 15 is 0 Å². The third-order valence-corrected chi connectivity index (χ3v) is 6.16. The first kappa shape index (κ1) is 11.5. The monoisotopic (exact) mass is 234 g/mol. The van der Waals surface area contributed by atoms with Gasteiger partial charge in [-0.2, -0.15) is 9.44 Å². The van der Waals surface area contributed by atoms with Crippen LogP contribution in [0.5, 0.6) is 0 Å². The van der Waals surface area contributed by atoms with E-state index in [4.69, 9.17) is 5.69 Å². The largest absolute Gasteiger partial charge is 0.293 e. The number of hydrogen-bond acceptors (Lipinski definition) is 1. The van der Waals surface area contributed by atoms with E-state index in [1.54, 1.807) is 0 Å². The molecule has 0 aliphatic carbocycles. The van der Waals surface area contributed by atoms with E-state index < -0.39 is 9.44 Å². The lowest BCUT2D eigenvalue weighted by Gasteiger charge is -2.27. The molecule has 2 heteroatoms. The molecule has 1 nitrogen and oxygen atoms in total. The van der Waals surface area contributed by atoms with Crippen LogP contribution in [0.15, 0.2) is 30.3 Å². The molecular weight excluding hydrogens is 216 g/mol. The third-order valence-electron chi connectivity index (χ3n) is 3.12. The lowest BCUT2D eigenvalue weighted by atomic mass is 10.2. The topological polar surface area (TPSA) is 17.1 Å². The van der Waals surface area contributed by atoms with E-state index in [1.807, 2.05) is 30.3 Å². The van der Waals surface area contributed by atoms with Gasteiger partial charge in [0.2, 0.25) is 0 Å². The highest BCUT2D eigenvalue weighted by Crippen LogP contribution is 2.38. The predicted molar refractivity (Wildman–Crippen MR) is 71.8 cm³/mol. The zero-order chi connectivity index (χ0) is 11.4. The quantitative estimate of drug-likeness (QED) is 0.716. The van der Waals surface area contributed by atoms with Gasteiger partial charge in [0.15, 0.2) is 5.78 Å². The molecule has 2 rings (SSSR count). The Kier molecular flexibility index (Phi) is 3.52. The summed E-state index contributed by atoms with van der Waals surface area (Å²) in [6.07, 6.45) is 3.69. The molecule has 1 heterocycles. The highest BCUT2D eigenvalue weighted by atomic mass is 32.2. The summed E-state index contributed by atoms with van der Waals surface area (Å²) >= 11 is 0. The average Bonchev–Trinajstić information content (AvgIpc) is 2.30. The first-order valence-electron chi connectivity index (χ1n) is 5.82. The summed E-state index contributed by atoms with van der Waals surface area (Å²) < 4.78 is 0. The molecule has 1 aromatic carbocycles. The van der Waals surface area contributed by atoms with E-state index in [-0.39, 0.29) is 5.78 Å². The van der Waals surface area contributed by atoms with E-state index in [1.165, 1.54) is 19.3 Å². The summed E-state index contributed by atoms with van der Waals surface area (Å²) in [5.41, 5.74) is 7.17. The molecule has 16 heavy (non-hydrogen) atoms. The standard InChI is InChI=1S/C14H18OS/c1-16(10-6-3-7-11-16)12-14(15)13-8-4-2-5-9-13/h1-2,4-5,8-9H,3,6-7,10-12H2. The van der Waals surface area contributed by atoms with Crippen LogP contribution in [0.3, 0.4) is 0 Å². The number of hydrogen-bond donors (Lipinski definition) is 0. The lowest BCUT2D eigenvalue weighted by Crippen LogP contribution is -2.15. The van der Waals surface area contributed by atoms with Crippen molar-refractivity contribution in [3.63, 3.8) is 0 Å². The van der Waals surface area contributed by atoms with Gasteiger partial charge in [-0.05, 0) is 24.3 Å². The van der Waals surface area contributed by atoms with Crippen molar-refractivity contribution < 1.29 is 4.79 Å². The Hall–Kier alpha value is -0.980. The fourth-order valence-corrected chi connectivity index (χ4v) is 4.91. The number of Topliss-reactive ketones (excluding diaryl/α,β-unsaturated/α-hetero) is 1. The second-order valence-corrected chi connectivity index (χ2v) is 7.84. The molecule has 1 aliphatic heterocycles. The first-order valence-corrected chi connectivity index (χ1v) is 8.02. The highest BCUT2D eigenvalue weighted by molar-refractivity contribution is 8.24. The number of rotatable bonds is 2. The van der Waals surface area contributed by atoms with Gasteiger partial charge in [0.05, 0.1) is 5.75 Å². The fourth-order valence-electron chi connectivity index (χ4n) is 2.17. The van der Waals surface area contributed by atoms with Crippen molar-refractivity contribution in [2.24, 2.45) is 0 Å². The minimum absolute atomic E-state index is 0.222. The van der Waals surface area contributed by atoms with Gasteiger partial charge in [-0.1, -0.05) is 36.8 Å². The van der Waals surface area contributed by atoms with Gasteiger partial charge >= 0.3 is 0 Å². The molecule has 0 unspecified atom stereocenters. The average molecular weight is 234 g/mol. The van der Waals surface area contributed by atoms with E-state index in [2.05, 4.69) is 0 Å². The number of benzene rings is 1. The third kappa shape index (κ3) is 2.78.